The van der Waals surface area contributed by atoms with Crippen molar-refractivity contribution < 1.29 is 23.7 Å². The summed E-state index contributed by atoms with van der Waals surface area (Å²) >= 11 is 6.68. The molecule has 31 heavy (non-hydrogen) atoms. The number of aromatic amines is 2. The highest BCUT2D eigenvalue weighted by Gasteiger charge is 2.26. The molecule has 2 aromatic heterocycles. The standard InChI is InChI=1S/C21H25ClN4O5/c1-5-6-15(27)31-20-17(22)16(13(26-20)11-25-21-23-9-10-24-21)12-7-8-14(28-2)19(30-4)18(12)29-3/h7-10,26H,5-6,11H2,1-4H3,(H2,23,24,25). The second-order valence-corrected chi connectivity index (χ2v) is 6.90. The van der Waals surface area contributed by atoms with Gasteiger partial charge in [0.15, 0.2) is 17.4 Å². The van der Waals surface area contributed by atoms with Crippen LogP contribution in [0.25, 0.3) is 11.1 Å². The number of hydrogen-bond donors (Lipinski definition) is 3. The Balaban J connectivity index is 2.10. The van der Waals surface area contributed by atoms with E-state index in [1.54, 1.807) is 25.6 Å². The first-order valence-electron chi connectivity index (χ1n) is 9.67. The molecule has 2 heterocycles. The van der Waals surface area contributed by atoms with Gasteiger partial charge in [-0.2, -0.15) is 0 Å². The number of H-pyrrole nitrogens is 2. The van der Waals surface area contributed by atoms with Gasteiger partial charge in [-0.05, 0) is 18.6 Å². The molecule has 0 fully saturated rings. The molecule has 0 amide bonds. The number of anilines is 1. The number of halogens is 1. The number of carbonyl (C=O) groups is 1. The second-order valence-electron chi connectivity index (χ2n) is 6.52. The highest BCUT2D eigenvalue weighted by Crippen LogP contribution is 2.49. The van der Waals surface area contributed by atoms with Gasteiger partial charge in [0.2, 0.25) is 11.6 Å². The summed E-state index contributed by atoms with van der Waals surface area (Å²) in [6.45, 7) is 2.22. The fraction of sp³-hybridized carbons (Fsp3) is 0.333. The molecule has 10 heteroatoms. The first-order chi connectivity index (χ1) is 15.0. The minimum absolute atomic E-state index is 0.170. The van der Waals surface area contributed by atoms with Crippen molar-refractivity contribution in [1.29, 1.82) is 0 Å². The van der Waals surface area contributed by atoms with Crippen molar-refractivity contribution in [2.45, 2.75) is 26.3 Å². The molecule has 166 valence electrons. The highest BCUT2D eigenvalue weighted by atomic mass is 35.5. The summed E-state index contributed by atoms with van der Waals surface area (Å²) in [4.78, 5) is 22.3. The summed E-state index contributed by atoms with van der Waals surface area (Å²) < 4.78 is 22.0. The van der Waals surface area contributed by atoms with Crippen LogP contribution in [-0.2, 0) is 11.3 Å². The molecule has 0 atom stereocenters. The Morgan fingerprint density at radius 2 is 1.94 bits per heavy atom. The molecule has 0 saturated carbocycles. The molecule has 0 unspecified atom stereocenters. The van der Waals surface area contributed by atoms with Gasteiger partial charge in [-0.1, -0.05) is 18.5 Å². The molecule has 0 radical (unpaired) electrons. The number of benzene rings is 1. The Morgan fingerprint density at radius 1 is 1.16 bits per heavy atom. The van der Waals surface area contributed by atoms with Crippen LogP contribution in [0.3, 0.4) is 0 Å². The quantitative estimate of drug-likeness (QED) is 0.394. The number of esters is 1. The molecule has 0 aliphatic heterocycles. The summed E-state index contributed by atoms with van der Waals surface area (Å²) in [5.74, 6) is 1.76. The van der Waals surface area contributed by atoms with E-state index in [2.05, 4.69) is 20.3 Å². The summed E-state index contributed by atoms with van der Waals surface area (Å²) in [5.41, 5.74) is 1.93. The molecule has 0 saturated heterocycles. The topological polar surface area (TPSA) is 110 Å². The zero-order chi connectivity index (χ0) is 22.4. The maximum atomic E-state index is 12.1. The number of rotatable bonds is 10. The summed E-state index contributed by atoms with van der Waals surface area (Å²) in [5, 5.41) is 3.42. The van der Waals surface area contributed by atoms with Crippen molar-refractivity contribution in [1.82, 2.24) is 15.0 Å². The van der Waals surface area contributed by atoms with Gasteiger partial charge in [0.25, 0.3) is 0 Å². The van der Waals surface area contributed by atoms with Crippen molar-refractivity contribution in [3.05, 3.63) is 35.2 Å². The van der Waals surface area contributed by atoms with Gasteiger partial charge in [-0.3, -0.25) is 4.79 Å². The molecule has 1 aromatic carbocycles. The van der Waals surface area contributed by atoms with Crippen LogP contribution in [-0.4, -0.2) is 42.3 Å². The number of hydrogen-bond acceptors (Lipinski definition) is 7. The van der Waals surface area contributed by atoms with Gasteiger partial charge in [0.05, 0.1) is 27.9 Å². The van der Waals surface area contributed by atoms with E-state index in [1.165, 1.54) is 14.2 Å². The fourth-order valence-corrected chi connectivity index (χ4v) is 3.49. The van der Waals surface area contributed by atoms with Crippen LogP contribution in [0.1, 0.15) is 25.5 Å². The monoisotopic (exact) mass is 448 g/mol. The lowest BCUT2D eigenvalue weighted by Crippen LogP contribution is -2.07. The first-order valence-corrected chi connectivity index (χ1v) is 10.0. The van der Waals surface area contributed by atoms with Gasteiger partial charge in [0.1, 0.15) is 5.02 Å². The van der Waals surface area contributed by atoms with Gasteiger partial charge in [-0.15, -0.1) is 0 Å². The number of nitrogens with zero attached hydrogens (tertiary/aromatic N) is 1. The molecule has 0 bridgehead atoms. The number of methoxy groups -OCH3 is 3. The lowest BCUT2D eigenvalue weighted by Gasteiger charge is -2.16. The van der Waals surface area contributed by atoms with Gasteiger partial charge >= 0.3 is 5.97 Å². The Hall–Kier alpha value is -3.33. The molecular weight excluding hydrogens is 424 g/mol. The normalized spacial score (nSPS) is 10.6. The lowest BCUT2D eigenvalue weighted by atomic mass is 10.0. The summed E-state index contributed by atoms with van der Waals surface area (Å²) in [7, 11) is 4.61. The predicted molar refractivity (Wildman–Crippen MR) is 117 cm³/mol. The summed E-state index contributed by atoms with van der Waals surface area (Å²) in [6.07, 6.45) is 4.30. The molecule has 3 aromatic rings. The molecule has 0 spiro atoms. The van der Waals surface area contributed by atoms with Crippen molar-refractivity contribution in [2.75, 3.05) is 26.6 Å². The van der Waals surface area contributed by atoms with Gasteiger partial charge in [0, 0.05) is 35.6 Å². The largest absolute Gasteiger partial charge is 0.493 e. The number of ether oxygens (including phenoxy) is 4. The van der Waals surface area contributed by atoms with Gasteiger partial charge in [-0.25, -0.2) is 4.98 Å². The number of aromatic nitrogens is 3. The summed E-state index contributed by atoms with van der Waals surface area (Å²) in [6, 6.07) is 3.57. The Kier molecular flexibility index (Phi) is 7.30. The Bertz CT molecular complexity index is 1030. The molecule has 3 rings (SSSR count). The minimum Gasteiger partial charge on any atom is -0.493 e. The van der Waals surface area contributed by atoms with Crippen molar-refractivity contribution >= 4 is 23.5 Å². The number of carbonyl (C=O) groups excluding carboxylic acids is 1. The second kappa shape index (κ2) is 10.1. The molecular formula is C21H25ClN4O5. The van der Waals surface area contributed by atoms with Crippen LogP contribution >= 0.6 is 11.6 Å². The third-order valence-electron chi connectivity index (χ3n) is 4.56. The van der Waals surface area contributed by atoms with Crippen LogP contribution in [0, 0.1) is 0 Å². The first kappa shape index (κ1) is 22.4. The average molecular weight is 449 g/mol. The van der Waals surface area contributed by atoms with E-state index in [4.69, 9.17) is 30.5 Å². The fourth-order valence-electron chi connectivity index (χ4n) is 3.19. The maximum Gasteiger partial charge on any atom is 0.312 e. The number of nitrogens with one attached hydrogen (secondary N) is 3. The average Bonchev–Trinajstić information content (AvgIpc) is 3.39. The SMILES string of the molecule is CCCC(=O)Oc1[nH]c(CNc2ncc[nH]2)c(-c2ccc(OC)c(OC)c2OC)c1Cl. The van der Waals surface area contributed by atoms with E-state index in [-0.39, 0.29) is 23.3 Å². The van der Waals surface area contributed by atoms with Crippen LogP contribution < -0.4 is 24.3 Å². The van der Waals surface area contributed by atoms with Gasteiger partial charge < -0.3 is 34.2 Å². The Labute approximate surface area is 185 Å². The van der Waals surface area contributed by atoms with Crippen LogP contribution in [0.2, 0.25) is 5.02 Å². The highest BCUT2D eigenvalue weighted by molar-refractivity contribution is 6.35. The van der Waals surface area contributed by atoms with E-state index in [0.29, 0.717) is 53.0 Å². The third-order valence-corrected chi connectivity index (χ3v) is 4.92. The van der Waals surface area contributed by atoms with Crippen LogP contribution in [0.15, 0.2) is 24.5 Å². The van der Waals surface area contributed by atoms with E-state index in [0.717, 1.165) is 0 Å². The smallest absolute Gasteiger partial charge is 0.312 e. The maximum absolute atomic E-state index is 12.1. The van der Waals surface area contributed by atoms with E-state index in [9.17, 15) is 4.79 Å². The number of imidazole rings is 1. The minimum atomic E-state index is -0.373. The predicted octanol–water partition coefficient (Wildman–Crippen LogP) is 4.40. The van der Waals surface area contributed by atoms with Crippen LogP contribution in [0.4, 0.5) is 5.95 Å². The third kappa shape index (κ3) is 4.72. The van der Waals surface area contributed by atoms with Crippen molar-refractivity contribution in [3.63, 3.8) is 0 Å². The Morgan fingerprint density at radius 3 is 2.55 bits per heavy atom. The lowest BCUT2D eigenvalue weighted by molar-refractivity contribution is -0.134. The molecule has 9 nitrogen and oxygen atoms in total. The van der Waals surface area contributed by atoms with E-state index in [1.807, 2.05) is 13.0 Å². The van der Waals surface area contributed by atoms with Crippen LogP contribution in [0.5, 0.6) is 23.1 Å². The van der Waals surface area contributed by atoms with E-state index < -0.39 is 0 Å². The molecule has 3 N–H and O–H groups in total. The molecule has 0 aliphatic carbocycles. The van der Waals surface area contributed by atoms with E-state index >= 15 is 0 Å². The van der Waals surface area contributed by atoms with Crippen molar-refractivity contribution in [3.8, 4) is 34.3 Å². The zero-order valence-corrected chi connectivity index (χ0v) is 18.6. The van der Waals surface area contributed by atoms with Crippen molar-refractivity contribution in [2.24, 2.45) is 0 Å². The molecule has 0 aliphatic rings. The zero-order valence-electron chi connectivity index (χ0n) is 17.8.